The maximum atomic E-state index is 11.4. The van der Waals surface area contributed by atoms with E-state index in [1.54, 1.807) is 10.6 Å². The second-order valence-corrected chi connectivity index (χ2v) is 7.14. The molecule has 1 fully saturated rings. The minimum atomic E-state index is -1.01. The van der Waals surface area contributed by atoms with E-state index < -0.39 is 5.97 Å². The minimum absolute atomic E-state index is 0.0618. The third-order valence-corrected chi connectivity index (χ3v) is 4.22. The largest absolute Gasteiger partial charge is 0.477 e. The average molecular weight is 317 g/mol. The molecule has 1 aliphatic rings. The van der Waals surface area contributed by atoms with E-state index in [2.05, 4.69) is 47.7 Å². The van der Waals surface area contributed by atoms with E-state index in [0.29, 0.717) is 5.65 Å². The molecule has 2 aromatic rings. The molecule has 124 valence electrons. The highest BCUT2D eigenvalue weighted by Crippen LogP contribution is 2.25. The van der Waals surface area contributed by atoms with Crippen LogP contribution in [0.2, 0.25) is 0 Å². The summed E-state index contributed by atoms with van der Waals surface area (Å²) in [6.07, 6.45) is 0. The number of likely N-dealkylation sites (N-methyl/N-ethyl adjacent to an activating group) is 1. The topological polar surface area (TPSA) is 74.0 Å². The third-order valence-electron chi connectivity index (χ3n) is 4.22. The Bertz CT molecular complexity index is 739. The summed E-state index contributed by atoms with van der Waals surface area (Å²) in [6.45, 7) is 9.84. The van der Waals surface area contributed by atoms with Gasteiger partial charge < -0.3 is 14.9 Å². The molecule has 3 heterocycles. The van der Waals surface area contributed by atoms with Crippen LogP contribution in [-0.2, 0) is 5.41 Å². The van der Waals surface area contributed by atoms with Gasteiger partial charge in [-0.2, -0.15) is 9.61 Å². The first-order chi connectivity index (χ1) is 10.8. The maximum Gasteiger partial charge on any atom is 0.354 e. The van der Waals surface area contributed by atoms with Crippen LogP contribution in [0.5, 0.6) is 0 Å². The van der Waals surface area contributed by atoms with E-state index in [9.17, 15) is 9.90 Å². The minimum Gasteiger partial charge on any atom is -0.477 e. The molecule has 3 rings (SSSR count). The van der Waals surface area contributed by atoms with E-state index in [1.807, 2.05) is 6.07 Å². The normalized spacial score (nSPS) is 17.0. The number of fused-ring (bicyclic) bond motifs is 1. The summed E-state index contributed by atoms with van der Waals surface area (Å²) in [6, 6.07) is 3.51. The van der Waals surface area contributed by atoms with Crippen molar-refractivity contribution in [1.82, 2.24) is 19.5 Å². The van der Waals surface area contributed by atoms with Crippen molar-refractivity contribution in [3.8, 4) is 0 Å². The molecule has 2 aromatic heterocycles. The predicted molar refractivity (Wildman–Crippen MR) is 88.4 cm³/mol. The van der Waals surface area contributed by atoms with Crippen molar-refractivity contribution in [3.63, 3.8) is 0 Å². The predicted octanol–water partition coefficient (Wildman–Crippen LogP) is 1.48. The zero-order chi connectivity index (χ0) is 16.8. The van der Waals surface area contributed by atoms with Crippen LogP contribution in [0.25, 0.3) is 5.65 Å². The molecule has 0 aromatic carbocycles. The number of aromatic nitrogens is 3. The number of nitrogens with zero attached hydrogens (tertiary/aromatic N) is 5. The van der Waals surface area contributed by atoms with Gasteiger partial charge in [-0.05, 0) is 7.05 Å². The molecule has 0 aliphatic carbocycles. The van der Waals surface area contributed by atoms with Crippen molar-refractivity contribution < 1.29 is 9.90 Å². The lowest BCUT2D eigenvalue weighted by atomic mass is 9.93. The Balaban J connectivity index is 2.13. The van der Waals surface area contributed by atoms with Crippen LogP contribution in [0.1, 0.15) is 37.0 Å². The molecule has 7 nitrogen and oxygen atoms in total. The quantitative estimate of drug-likeness (QED) is 0.904. The number of aromatic carboxylic acids is 1. The lowest BCUT2D eigenvalue weighted by molar-refractivity contribution is 0.0690. The summed E-state index contributed by atoms with van der Waals surface area (Å²) in [7, 11) is 2.09. The number of anilines is 1. The van der Waals surface area contributed by atoms with E-state index in [4.69, 9.17) is 0 Å². The highest BCUT2D eigenvalue weighted by Gasteiger charge is 2.24. The Morgan fingerprint density at radius 2 is 1.83 bits per heavy atom. The van der Waals surface area contributed by atoms with Gasteiger partial charge in [-0.25, -0.2) is 9.78 Å². The van der Waals surface area contributed by atoms with E-state index in [0.717, 1.165) is 37.7 Å². The van der Waals surface area contributed by atoms with E-state index >= 15 is 0 Å². The van der Waals surface area contributed by atoms with Gasteiger partial charge in [0.25, 0.3) is 0 Å². The first-order valence-corrected chi connectivity index (χ1v) is 7.84. The van der Waals surface area contributed by atoms with Crippen LogP contribution in [0, 0.1) is 0 Å². The Morgan fingerprint density at radius 1 is 1.17 bits per heavy atom. The van der Waals surface area contributed by atoms with Crippen molar-refractivity contribution in [2.45, 2.75) is 26.2 Å². The summed E-state index contributed by atoms with van der Waals surface area (Å²) >= 11 is 0. The van der Waals surface area contributed by atoms with Crippen molar-refractivity contribution in [3.05, 3.63) is 23.5 Å². The van der Waals surface area contributed by atoms with Crippen molar-refractivity contribution in [1.29, 1.82) is 0 Å². The van der Waals surface area contributed by atoms with Gasteiger partial charge in [0.1, 0.15) is 5.82 Å². The summed E-state index contributed by atoms with van der Waals surface area (Å²) in [5, 5.41) is 14.0. The Labute approximate surface area is 135 Å². The fourth-order valence-corrected chi connectivity index (χ4v) is 2.70. The standard InChI is InChI=1S/C16H23N5O2/c1-16(2,3)12-10-13-17-11(15(22)23)9-14(21(13)18-12)20-7-5-19(4)6-8-20/h9-10H,5-8H2,1-4H3,(H,22,23). The Hall–Kier alpha value is -2.15. The maximum absolute atomic E-state index is 11.4. The Kier molecular flexibility index (Phi) is 3.75. The number of carboxylic acid groups (broad SMARTS) is 1. The second-order valence-electron chi connectivity index (χ2n) is 7.14. The van der Waals surface area contributed by atoms with Crippen LogP contribution in [0.4, 0.5) is 5.82 Å². The number of hydrogen-bond acceptors (Lipinski definition) is 5. The molecule has 0 unspecified atom stereocenters. The number of carbonyl (C=O) groups is 1. The molecule has 1 aliphatic heterocycles. The Morgan fingerprint density at radius 3 is 2.39 bits per heavy atom. The van der Waals surface area contributed by atoms with Crippen LogP contribution in [0.3, 0.4) is 0 Å². The smallest absolute Gasteiger partial charge is 0.354 e. The van der Waals surface area contributed by atoms with Crippen LogP contribution < -0.4 is 4.90 Å². The molecule has 1 saturated heterocycles. The zero-order valence-electron chi connectivity index (χ0n) is 14.1. The molecule has 0 radical (unpaired) electrons. The molecule has 23 heavy (non-hydrogen) atoms. The molecule has 0 spiro atoms. The van der Waals surface area contributed by atoms with Crippen LogP contribution in [-0.4, -0.2) is 63.8 Å². The lowest BCUT2D eigenvalue weighted by Gasteiger charge is -2.33. The first-order valence-electron chi connectivity index (χ1n) is 7.84. The highest BCUT2D eigenvalue weighted by molar-refractivity contribution is 5.87. The van der Waals surface area contributed by atoms with Gasteiger partial charge in [-0.15, -0.1) is 0 Å². The summed E-state index contributed by atoms with van der Waals surface area (Å²) in [5.74, 6) is -0.211. The van der Waals surface area contributed by atoms with Crippen molar-refractivity contribution in [2.24, 2.45) is 0 Å². The molecule has 0 bridgehead atoms. The van der Waals surface area contributed by atoms with Gasteiger partial charge in [0.05, 0.1) is 5.69 Å². The van der Waals surface area contributed by atoms with Gasteiger partial charge in [-0.3, -0.25) is 0 Å². The fourth-order valence-electron chi connectivity index (χ4n) is 2.70. The highest BCUT2D eigenvalue weighted by atomic mass is 16.4. The van der Waals surface area contributed by atoms with Crippen LogP contribution >= 0.6 is 0 Å². The van der Waals surface area contributed by atoms with Crippen LogP contribution in [0.15, 0.2) is 12.1 Å². The van der Waals surface area contributed by atoms with Gasteiger partial charge in [0, 0.05) is 43.7 Å². The lowest BCUT2D eigenvalue weighted by Crippen LogP contribution is -2.45. The van der Waals surface area contributed by atoms with Gasteiger partial charge >= 0.3 is 5.97 Å². The average Bonchev–Trinajstić information content (AvgIpc) is 2.91. The summed E-state index contributed by atoms with van der Waals surface area (Å²) in [4.78, 5) is 20.1. The summed E-state index contributed by atoms with van der Waals surface area (Å²) < 4.78 is 1.78. The fraction of sp³-hybridized carbons (Fsp3) is 0.562. The SMILES string of the molecule is CN1CCN(c2cc(C(=O)O)nc3cc(C(C)(C)C)nn23)CC1. The summed E-state index contributed by atoms with van der Waals surface area (Å²) in [5.41, 5.74) is 1.44. The zero-order valence-corrected chi connectivity index (χ0v) is 14.1. The van der Waals surface area contributed by atoms with Gasteiger partial charge in [0.15, 0.2) is 11.3 Å². The number of piperazine rings is 1. The number of carboxylic acids is 1. The van der Waals surface area contributed by atoms with Crippen molar-refractivity contribution >= 4 is 17.4 Å². The number of hydrogen-bond donors (Lipinski definition) is 1. The van der Waals surface area contributed by atoms with Gasteiger partial charge in [0.2, 0.25) is 0 Å². The molecule has 7 heteroatoms. The monoisotopic (exact) mass is 317 g/mol. The third kappa shape index (κ3) is 3.01. The number of rotatable bonds is 2. The second kappa shape index (κ2) is 5.49. The van der Waals surface area contributed by atoms with Crippen molar-refractivity contribution in [2.75, 3.05) is 38.1 Å². The molecule has 0 amide bonds. The molecule has 1 N–H and O–H groups in total. The molecule has 0 atom stereocenters. The molecular formula is C16H23N5O2. The van der Waals surface area contributed by atoms with Gasteiger partial charge in [-0.1, -0.05) is 20.8 Å². The van der Waals surface area contributed by atoms with E-state index in [1.165, 1.54) is 0 Å². The molecule has 0 saturated carbocycles. The first kappa shape index (κ1) is 15.7. The molecular weight excluding hydrogens is 294 g/mol. The van der Waals surface area contributed by atoms with E-state index in [-0.39, 0.29) is 11.1 Å².